The minimum Gasteiger partial charge on any atom is -0.314 e. The number of nitrogens with one attached hydrogen (secondary N) is 1. The van der Waals surface area contributed by atoms with Crippen molar-refractivity contribution in [1.82, 2.24) is 15.3 Å². The number of likely N-dealkylation sites (N-methyl/N-ethyl adjacent to an activating group) is 1. The molecule has 1 N–H and O–H groups in total. The molecule has 16 heavy (non-hydrogen) atoms. The van der Waals surface area contributed by atoms with Gasteiger partial charge in [0.25, 0.3) is 0 Å². The van der Waals surface area contributed by atoms with E-state index in [1.165, 1.54) is 0 Å². The average molecular weight is 221 g/mol. The van der Waals surface area contributed by atoms with E-state index < -0.39 is 0 Å². The minimum absolute atomic E-state index is 0.396. The van der Waals surface area contributed by atoms with Crippen LogP contribution in [0.5, 0.6) is 0 Å². The molecule has 3 heteroatoms. The van der Waals surface area contributed by atoms with Crippen molar-refractivity contribution in [3.05, 3.63) is 23.3 Å². The van der Waals surface area contributed by atoms with Gasteiger partial charge in [-0.2, -0.15) is 0 Å². The first kappa shape index (κ1) is 13.1. The standard InChI is InChI=1S/C13H23N3/c1-6-14-10(4)7-12-8-11(5)15-13(16-12)9(2)3/h8-10,14H,6-7H2,1-5H3. The summed E-state index contributed by atoms with van der Waals surface area (Å²) in [6, 6.07) is 2.55. The normalized spacial score (nSPS) is 13.1. The van der Waals surface area contributed by atoms with Crippen molar-refractivity contribution < 1.29 is 0 Å². The van der Waals surface area contributed by atoms with E-state index in [9.17, 15) is 0 Å². The zero-order valence-electron chi connectivity index (χ0n) is 11.0. The molecule has 0 bridgehead atoms. The molecule has 0 radical (unpaired) electrons. The lowest BCUT2D eigenvalue weighted by Gasteiger charge is -2.13. The Bertz CT molecular complexity index is 334. The van der Waals surface area contributed by atoms with Crippen LogP contribution in [0.25, 0.3) is 0 Å². The van der Waals surface area contributed by atoms with E-state index in [0.29, 0.717) is 12.0 Å². The van der Waals surface area contributed by atoms with Crippen molar-refractivity contribution in [2.24, 2.45) is 0 Å². The van der Waals surface area contributed by atoms with Crippen LogP contribution in [0.1, 0.15) is 50.8 Å². The number of rotatable bonds is 5. The molecule has 90 valence electrons. The summed E-state index contributed by atoms with van der Waals surface area (Å²) in [7, 11) is 0. The second-order valence-electron chi connectivity index (χ2n) is 4.68. The van der Waals surface area contributed by atoms with Crippen LogP contribution in [0, 0.1) is 6.92 Å². The quantitative estimate of drug-likeness (QED) is 0.830. The SMILES string of the molecule is CCNC(C)Cc1cc(C)nc(C(C)C)n1. The summed E-state index contributed by atoms with van der Waals surface area (Å²) in [4.78, 5) is 9.06. The Hall–Kier alpha value is -0.960. The molecular formula is C13H23N3. The first-order valence-corrected chi connectivity index (χ1v) is 6.10. The van der Waals surface area contributed by atoms with E-state index in [2.05, 4.69) is 49.0 Å². The largest absolute Gasteiger partial charge is 0.314 e. The fourth-order valence-corrected chi connectivity index (χ4v) is 1.76. The average Bonchev–Trinajstić information content (AvgIpc) is 2.16. The molecule has 0 saturated heterocycles. The highest BCUT2D eigenvalue weighted by molar-refractivity contribution is 5.12. The molecule has 0 aliphatic carbocycles. The molecule has 0 spiro atoms. The number of hydrogen-bond donors (Lipinski definition) is 1. The van der Waals surface area contributed by atoms with Gasteiger partial charge in [0, 0.05) is 29.8 Å². The molecule has 0 saturated carbocycles. The zero-order valence-corrected chi connectivity index (χ0v) is 11.0. The van der Waals surface area contributed by atoms with E-state index in [1.54, 1.807) is 0 Å². The third kappa shape index (κ3) is 3.89. The molecule has 1 aromatic heterocycles. The molecule has 0 aromatic carbocycles. The molecule has 0 aliphatic heterocycles. The van der Waals surface area contributed by atoms with Crippen LogP contribution < -0.4 is 5.32 Å². The number of aromatic nitrogens is 2. The van der Waals surface area contributed by atoms with Gasteiger partial charge in [0.15, 0.2) is 0 Å². The fraction of sp³-hybridized carbons (Fsp3) is 0.692. The fourth-order valence-electron chi connectivity index (χ4n) is 1.76. The van der Waals surface area contributed by atoms with Gasteiger partial charge >= 0.3 is 0 Å². The molecule has 1 unspecified atom stereocenters. The summed E-state index contributed by atoms with van der Waals surface area (Å²) >= 11 is 0. The number of nitrogens with zero attached hydrogens (tertiary/aromatic N) is 2. The molecule has 0 amide bonds. The molecule has 1 rings (SSSR count). The Morgan fingerprint density at radius 2 is 1.94 bits per heavy atom. The maximum Gasteiger partial charge on any atom is 0.131 e. The predicted molar refractivity (Wildman–Crippen MR) is 67.7 cm³/mol. The summed E-state index contributed by atoms with van der Waals surface area (Å²) < 4.78 is 0. The lowest BCUT2D eigenvalue weighted by molar-refractivity contribution is 0.556. The Labute approximate surface area is 98.7 Å². The molecule has 0 aliphatic rings. The van der Waals surface area contributed by atoms with Crippen molar-refractivity contribution in [1.29, 1.82) is 0 Å². The predicted octanol–water partition coefficient (Wildman–Crippen LogP) is 2.45. The second kappa shape index (κ2) is 5.94. The lowest BCUT2D eigenvalue weighted by atomic mass is 10.1. The van der Waals surface area contributed by atoms with Crippen LogP contribution in [0.15, 0.2) is 6.07 Å². The smallest absolute Gasteiger partial charge is 0.131 e. The van der Waals surface area contributed by atoms with Gasteiger partial charge in [-0.05, 0) is 26.5 Å². The van der Waals surface area contributed by atoms with Gasteiger partial charge in [-0.3, -0.25) is 0 Å². The summed E-state index contributed by atoms with van der Waals surface area (Å²) in [5.74, 6) is 1.35. The van der Waals surface area contributed by atoms with Crippen molar-refractivity contribution in [2.75, 3.05) is 6.54 Å². The first-order chi connectivity index (χ1) is 7.52. The Kier molecular flexibility index (Phi) is 4.87. The van der Waals surface area contributed by atoms with Crippen molar-refractivity contribution in [2.45, 2.75) is 53.0 Å². The summed E-state index contributed by atoms with van der Waals surface area (Å²) in [5.41, 5.74) is 2.21. The van der Waals surface area contributed by atoms with Gasteiger partial charge in [-0.15, -0.1) is 0 Å². The van der Waals surface area contributed by atoms with E-state index in [4.69, 9.17) is 0 Å². The lowest BCUT2D eigenvalue weighted by Crippen LogP contribution is -2.28. The minimum atomic E-state index is 0.396. The van der Waals surface area contributed by atoms with Crippen LogP contribution in [-0.4, -0.2) is 22.6 Å². The second-order valence-corrected chi connectivity index (χ2v) is 4.68. The third-order valence-electron chi connectivity index (χ3n) is 2.51. The van der Waals surface area contributed by atoms with Crippen LogP contribution in [-0.2, 0) is 6.42 Å². The van der Waals surface area contributed by atoms with E-state index in [0.717, 1.165) is 30.2 Å². The maximum absolute atomic E-state index is 4.60. The molecule has 1 heterocycles. The summed E-state index contributed by atoms with van der Waals surface area (Å²) in [6.07, 6.45) is 0.969. The number of hydrogen-bond acceptors (Lipinski definition) is 3. The first-order valence-electron chi connectivity index (χ1n) is 6.10. The molecule has 1 atom stereocenters. The van der Waals surface area contributed by atoms with Gasteiger partial charge in [0.1, 0.15) is 5.82 Å². The number of aryl methyl sites for hydroxylation is 1. The van der Waals surface area contributed by atoms with Gasteiger partial charge < -0.3 is 5.32 Å². The van der Waals surface area contributed by atoms with Crippen LogP contribution in [0.3, 0.4) is 0 Å². The zero-order chi connectivity index (χ0) is 12.1. The highest BCUT2D eigenvalue weighted by Gasteiger charge is 2.08. The highest BCUT2D eigenvalue weighted by atomic mass is 14.9. The van der Waals surface area contributed by atoms with Crippen LogP contribution in [0.2, 0.25) is 0 Å². The monoisotopic (exact) mass is 221 g/mol. The topological polar surface area (TPSA) is 37.8 Å². The van der Waals surface area contributed by atoms with Gasteiger partial charge in [-0.1, -0.05) is 20.8 Å². The Morgan fingerprint density at radius 3 is 2.50 bits per heavy atom. The van der Waals surface area contributed by atoms with Gasteiger partial charge in [0.2, 0.25) is 0 Å². The van der Waals surface area contributed by atoms with E-state index in [-0.39, 0.29) is 0 Å². The molecule has 0 fully saturated rings. The van der Waals surface area contributed by atoms with Crippen molar-refractivity contribution in [3.63, 3.8) is 0 Å². The summed E-state index contributed by atoms with van der Waals surface area (Å²) in [5, 5.41) is 3.40. The molecular weight excluding hydrogens is 198 g/mol. The molecule has 1 aromatic rings. The van der Waals surface area contributed by atoms with E-state index >= 15 is 0 Å². The van der Waals surface area contributed by atoms with Gasteiger partial charge in [-0.25, -0.2) is 9.97 Å². The van der Waals surface area contributed by atoms with E-state index in [1.807, 2.05) is 6.92 Å². The third-order valence-corrected chi connectivity index (χ3v) is 2.51. The van der Waals surface area contributed by atoms with Crippen molar-refractivity contribution in [3.8, 4) is 0 Å². The molecule has 3 nitrogen and oxygen atoms in total. The Balaban J connectivity index is 2.80. The summed E-state index contributed by atoms with van der Waals surface area (Å²) in [6.45, 7) is 11.6. The van der Waals surface area contributed by atoms with Crippen LogP contribution >= 0.6 is 0 Å². The van der Waals surface area contributed by atoms with Crippen molar-refractivity contribution >= 4 is 0 Å². The van der Waals surface area contributed by atoms with Crippen LogP contribution in [0.4, 0.5) is 0 Å². The maximum atomic E-state index is 4.60. The highest BCUT2D eigenvalue weighted by Crippen LogP contribution is 2.11. The Morgan fingerprint density at radius 1 is 1.25 bits per heavy atom. The van der Waals surface area contributed by atoms with Gasteiger partial charge in [0.05, 0.1) is 0 Å².